The van der Waals surface area contributed by atoms with Crippen molar-refractivity contribution in [1.29, 1.82) is 0 Å². The lowest BCUT2D eigenvalue weighted by Gasteiger charge is -2.05. The zero-order valence-electron chi connectivity index (χ0n) is 11.5. The topological polar surface area (TPSA) is 17.1 Å². The highest BCUT2D eigenvalue weighted by atomic mass is 32.2. The normalized spacial score (nSPS) is 10.9. The lowest BCUT2D eigenvalue weighted by atomic mass is 10.1. The number of benzene rings is 1. The number of hydrogen-bond acceptors (Lipinski definition) is 3. The number of thiophene rings is 1. The fraction of sp³-hybridized carbons (Fsp3) is 0.312. The first-order valence-electron chi connectivity index (χ1n) is 6.49. The summed E-state index contributed by atoms with van der Waals surface area (Å²) in [6.45, 7) is 6.29. The zero-order chi connectivity index (χ0) is 13.8. The second-order valence-electron chi connectivity index (χ2n) is 4.67. The van der Waals surface area contributed by atoms with Gasteiger partial charge in [0.15, 0.2) is 5.78 Å². The number of carbonyl (C=O) groups is 1. The van der Waals surface area contributed by atoms with Crippen molar-refractivity contribution in [3.05, 3.63) is 40.6 Å². The first-order valence-corrected chi connectivity index (χ1v) is 8.25. The van der Waals surface area contributed by atoms with E-state index in [0.717, 1.165) is 10.4 Å². The molecule has 1 aromatic carbocycles. The molecule has 0 radical (unpaired) electrons. The highest BCUT2D eigenvalue weighted by molar-refractivity contribution is 7.99. The minimum Gasteiger partial charge on any atom is -0.293 e. The first kappa shape index (κ1) is 14.4. The Morgan fingerprint density at radius 1 is 1.21 bits per heavy atom. The number of carbonyl (C=O) groups excluding carboxylic acids is 1. The molecule has 0 amide bonds. The summed E-state index contributed by atoms with van der Waals surface area (Å²) in [4.78, 5) is 13.8. The highest BCUT2D eigenvalue weighted by Gasteiger charge is 2.08. The molecule has 0 atom stereocenters. The van der Waals surface area contributed by atoms with Crippen LogP contribution in [0.25, 0.3) is 11.1 Å². The summed E-state index contributed by atoms with van der Waals surface area (Å²) >= 11 is 3.40. The second-order valence-corrected chi connectivity index (χ2v) is 7.23. The van der Waals surface area contributed by atoms with Crippen LogP contribution in [0.1, 0.15) is 36.9 Å². The fourth-order valence-corrected chi connectivity index (χ4v) is 3.57. The summed E-state index contributed by atoms with van der Waals surface area (Å²) < 4.78 is 0. The molecule has 0 saturated heterocycles. The third kappa shape index (κ3) is 3.71. The van der Waals surface area contributed by atoms with Crippen LogP contribution < -0.4 is 0 Å². The van der Waals surface area contributed by atoms with E-state index in [2.05, 4.69) is 43.5 Å². The molecule has 0 fully saturated rings. The number of ketones is 1. The standard InChI is InChI=1S/C16H18OS2/c1-4-15(17)16-9-13(10-18-16)12-5-7-14(8-6-12)19-11(2)3/h5-11H,4H2,1-3H3. The van der Waals surface area contributed by atoms with Crippen LogP contribution in [-0.4, -0.2) is 11.0 Å². The molecule has 2 aromatic rings. The minimum atomic E-state index is 0.225. The molecule has 0 unspecified atom stereocenters. The van der Waals surface area contributed by atoms with E-state index in [0.29, 0.717) is 11.7 Å². The van der Waals surface area contributed by atoms with Gasteiger partial charge in [0.1, 0.15) is 0 Å². The second kappa shape index (κ2) is 6.40. The maximum absolute atomic E-state index is 11.6. The summed E-state index contributed by atoms with van der Waals surface area (Å²) in [7, 11) is 0. The van der Waals surface area contributed by atoms with Gasteiger partial charge in [0, 0.05) is 16.6 Å². The van der Waals surface area contributed by atoms with Crippen LogP contribution in [0.4, 0.5) is 0 Å². The van der Waals surface area contributed by atoms with Crippen molar-refractivity contribution < 1.29 is 4.79 Å². The van der Waals surface area contributed by atoms with Gasteiger partial charge >= 0.3 is 0 Å². The van der Waals surface area contributed by atoms with Crippen LogP contribution in [0.2, 0.25) is 0 Å². The zero-order valence-corrected chi connectivity index (χ0v) is 13.1. The molecule has 0 spiro atoms. The molecule has 1 heterocycles. The molecular formula is C16H18OS2. The average Bonchev–Trinajstić information content (AvgIpc) is 2.87. The lowest BCUT2D eigenvalue weighted by molar-refractivity contribution is 0.0992. The van der Waals surface area contributed by atoms with E-state index in [1.165, 1.54) is 21.8 Å². The Kier molecular flexibility index (Phi) is 4.83. The summed E-state index contributed by atoms with van der Waals surface area (Å²) in [5.74, 6) is 0.225. The van der Waals surface area contributed by atoms with Gasteiger partial charge in [0.25, 0.3) is 0 Å². The van der Waals surface area contributed by atoms with E-state index < -0.39 is 0 Å². The molecular weight excluding hydrogens is 272 g/mol. The van der Waals surface area contributed by atoms with E-state index in [1.54, 1.807) is 0 Å². The fourth-order valence-electron chi connectivity index (χ4n) is 1.81. The molecule has 19 heavy (non-hydrogen) atoms. The Bertz CT molecular complexity index is 552. The van der Waals surface area contributed by atoms with Crippen molar-refractivity contribution in [2.24, 2.45) is 0 Å². The van der Waals surface area contributed by atoms with E-state index >= 15 is 0 Å². The van der Waals surface area contributed by atoms with Gasteiger partial charge in [-0.1, -0.05) is 32.9 Å². The van der Waals surface area contributed by atoms with Gasteiger partial charge in [0.05, 0.1) is 4.88 Å². The molecule has 1 nitrogen and oxygen atoms in total. The summed E-state index contributed by atoms with van der Waals surface area (Å²) in [6.07, 6.45) is 0.573. The van der Waals surface area contributed by atoms with Gasteiger partial charge in [-0.3, -0.25) is 4.79 Å². The smallest absolute Gasteiger partial charge is 0.172 e. The van der Waals surface area contributed by atoms with Crippen LogP contribution in [0, 0.1) is 0 Å². The van der Waals surface area contributed by atoms with Crippen molar-refractivity contribution in [2.75, 3.05) is 0 Å². The summed E-state index contributed by atoms with van der Waals surface area (Å²) in [5, 5.41) is 2.66. The van der Waals surface area contributed by atoms with Crippen molar-refractivity contribution in [2.45, 2.75) is 37.3 Å². The third-order valence-corrected chi connectivity index (χ3v) is 4.74. The van der Waals surface area contributed by atoms with E-state index in [9.17, 15) is 4.79 Å². The minimum absolute atomic E-state index is 0.225. The Morgan fingerprint density at radius 2 is 1.89 bits per heavy atom. The van der Waals surface area contributed by atoms with E-state index in [4.69, 9.17) is 0 Å². The molecule has 0 saturated carbocycles. The van der Waals surface area contributed by atoms with Crippen LogP contribution in [-0.2, 0) is 0 Å². The van der Waals surface area contributed by atoms with Crippen LogP contribution in [0.5, 0.6) is 0 Å². The quantitative estimate of drug-likeness (QED) is 0.533. The van der Waals surface area contributed by atoms with Gasteiger partial charge in [0.2, 0.25) is 0 Å². The maximum Gasteiger partial charge on any atom is 0.172 e. The molecule has 0 aliphatic carbocycles. The Balaban J connectivity index is 2.18. The van der Waals surface area contributed by atoms with Gasteiger partial charge in [-0.15, -0.1) is 23.1 Å². The molecule has 0 aliphatic rings. The molecule has 100 valence electrons. The maximum atomic E-state index is 11.6. The van der Waals surface area contributed by atoms with Gasteiger partial charge in [-0.05, 0) is 34.7 Å². The number of thioether (sulfide) groups is 1. The van der Waals surface area contributed by atoms with E-state index in [-0.39, 0.29) is 5.78 Å². The molecule has 2 rings (SSSR count). The Morgan fingerprint density at radius 3 is 2.47 bits per heavy atom. The van der Waals surface area contributed by atoms with Crippen LogP contribution >= 0.6 is 23.1 Å². The predicted molar refractivity (Wildman–Crippen MR) is 85.4 cm³/mol. The van der Waals surface area contributed by atoms with Gasteiger partial charge in [-0.2, -0.15) is 0 Å². The van der Waals surface area contributed by atoms with E-state index in [1.807, 2.05) is 24.8 Å². The molecule has 3 heteroatoms. The van der Waals surface area contributed by atoms with Crippen molar-refractivity contribution in [3.63, 3.8) is 0 Å². The predicted octanol–water partition coefficient (Wildman–Crippen LogP) is 5.51. The number of rotatable bonds is 5. The molecule has 0 N–H and O–H groups in total. The number of Topliss-reactive ketones (excluding diaryl/α,β-unsaturated/α-hetero) is 1. The van der Waals surface area contributed by atoms with Crippen molar-refractivity contribution >= 4 is 28.9 Å². The highest BCUT2D eigenvalue weighted by Crippen LogP contribution is 2.29. The third-order valence-electron chi connectivity index (χ3n) is 2.75. The van der Waals surface area contributed by atoms with Crippen molar-refractivity contribution in [1.82, 2.24) is 0 Å². The number of hydrogen-bond donors (Lipinski definition) is 0. The average molecular weight is 290 g/mol. The summed E-state index contributed by atoms with van der Waals surface area (Å²) in [5.41, 5.74) is 2.32. The first-order chi connectivity index (χ1) is 9.10. The summed E-state index contributed by atoms with van der Waals surface area (Å²) in [6, 6.07) is 10.6. The molecule has 0 bridgehead atoms. The monoisotopic (exact) mass is 290 g/mol. The van der Waals surface area contributed by atoms with Gasteiger partial charge < -0.3 is 0 Å². The van der Waals surface area contributed by atoms with Crippen molar-refractivity contribution in [3.8, 4) is 11.1 Å². The van der Waals surface area contributed by atoms with Crippen LogP contribution in [0.15, 0.2) is 40.6 Å². The molecule has 0 aliphatic heterocycles. The lowest BCUT2D eigenvalue weighted by Crippen LogP contribution is -1.90. The van der Waals surface area contributed by atoms with Crippen LogP contribution in [0.3, 0.4) is 0 Å². The molecule has 1 aromatic heterocycles. The SMILES string of the molecule is CCC(=O)c1cc(-c2ccc(SC(C)C)cc2)cs1. The Hall–Kier alpha value is -1.06. The van der Waals surface area contributed by atoms with Gasteiger partial charge in [-0.25, -0.2) is 0 Å². The largest absolute Gasteiger partial charge is 0.293 e. The Labute approximate surface area is 123 Å².